The zero-order valence-corrected chi connectivity index (χ0v) is 18.4. The zero-order valence-electron chi connectivity index (χ0n) is 18.4. The van der Waals surface area contributed by atoms with Crippen molar-refractivity contribution < 1.29 is 59.5 Å². The number of carboxylic acids is 1. The minimum absolute atomic E-state index is 0.0436. The van der Waals surface area contributed by atoms with Crippen molar-refractivity contribution in [2.45, 2.75) is 77.1 Å². The van der Waals surface area contributed by atoms with Gasteiger partial charge in [-0.1, -0.05) is 19.3 Å². The lowest BCUT2D eigenvalue weighted by Gasteiger charge is -2.36. The van der Waals surface area contributed by atoms with E-state index in [1.807, 2.05) is 0 Å². The van der Waals surface area contributed by atoms with Crippen molar-refractivity contribution >= 4 is 18.0 Å². The number of amides is 1. The number of rotatable bonds is 15. The van der Waals surface area contributed by atoms with Gasteiger partial charge in [-0.2, -0.15) is 0 Å². The van der Waals surface area contributed by atoms with Gasteiger partial charge in [-0.25, -0.2) is 14.5 Å². The fourth-order valence-electron chi connectivity index (χ4n) is 3.68. The number of alkyl carbamates (subject to hydrolysis) is 1. The lowest BCUT2D eigenvalue weighted by Crippen LogP contribution is -2.41. The van der Waals surface area contributed by atoms with Gasteiger partial charge in [0.2, 0.25) is 6.29 Å². The van der Waals surface area contributed by atoms with Gasteiger partial charge in [-0.05, 0) is 31.1 Å². The second kappa shape index (κ2) is 14.9. The molecule has 1 rings (SSSR count). The van der Waals surface area contributed by atoms with Crippen LogP contribution in [0.25, 0.3) is 0 Å². The van der Waals surface area contributed by atoms with E-state index in [4.69, 9.17) is 30.3 Å². The summed E-state index contributed by atoms with van der Waals surface area (Å²) in [7, 11) is 0. The number of nitrogens with one attached hydrogen (secondary N) is 1. The van der Waals surface area contributed by atoms with Gasteiger partial charge < -0.3 is 19.9 Å². The van der Waals surface area contributed by atoms with Gasteiger partial charge in [0.25, 0.3) is 0 Å². The normalized spacial score (nSPS) is 17.4. The fraction of sp³-hybridized carbons (Fsp3) is 0.833. The Morgan fingerprint density at radius 1 is 1.03 bits per heavy atom. The first kappa shape index (κ1) is 28.9. The number of aliphatic carboxylic acids is 1. The number of hydrogen-bond acceptors (Lipinski definition) is 13. The largest absolute Gasteiger partial charge is 0.481 e. The zero-order chi connectivity index (χ0) is 24.9. The number of carboxylic acid groups (broad SMARTS) is 1. The maximum Gasteiger partial charge on any atom is 0.410 e. The molecule has 0 spiro atoms. The third kappa shape index (κ3) is 13.2. The van der Waals surface area contributed by atoms with E-state index in [2.05, 4.69) is 15.0 Å². The third-order valence-electron chi connectivity index (χ3n) is 5.14. The number of hydrogen-bond donors (Lipinski definition) is 6. The lowest BCUT2D eigenvalue weighted by molar-refractivity contribution is -0.527. The molecular formula is C18H33N3O12. The first-order valence-electron chi connectivity index (χ1n) is 10.5. The second-order valence-electron chi connectivity index (χ2n) is 7.87. The molecule has 192 valence electrons. The van der Waals surface area contributed by atoms with E-state index >= 15 is 0 Å². The summed E-state index contributed by atoms with van der Waals surface area (Å²) in [6.07, 6.45) is 1.12. The Labute approximate surface area is 190 Å². The molecule has 1 amide bonds. The van der Waals surface area contributed by atoms with Crippen LogP contribution in [0, 0.1) is 5.41 Å². The van der Waals surface area contributed by atoms with Crippen LogP contribution >= 0.6 is 0 Å². The number of nitrogens with zero attached hydrogens (tertiary/aromatic N) is 2. The summed E-state index contributed by atoms with van der Waals surface area (Å²) in [6, 6.07) is 0. The van der Waals surface area contributed by atoms with E-state index in [-0.39, 0.29) is 32.2 Å². The molecule has 1 aliphatic carbocycles. The van der Waals surface area contributed by atoms with Crippen LogP contribution in [0.3, 0.4) is 0 Å². The van der Waals surface area contributed by atoms with Crippen molar-refractivity contribution in [1.29, 1.82) is 0 Å². The van der Waals surface area contributed by atoms with Crippen LogP contribution in [0.15, 0.2) is 0 Å². The average Bonchev–Trinajstić information content (AvgIpc) is 2.70. The van der Waals surface area contributed by atoms with Crippen LogP contribution in [-0.2, 0) is 28.7 Å². The minimum atomic E-state index is -1.20. The van der Waals surface area contributed by atoms with Gasteiger partial charge in [0.1, 0.15) is 12.7 Å². The summed E-state index contributed by atoms with van der Waals surface area (Å²) in [5, 5.41) is 45.0. The molecule has 0 aromatic carbocycles. The number of carbonyl (C=O) groups excluding carboxylic acids is 2. The van der Waals surface area contributed by atoms with Crippen LogP contribution in [0.1, 0.15) is 64.7 Å². The van der Waals surface area contributed by atoms with E-state index < -0.39 is 53.2 Å². The van der Waals surface area contributed by atoms with Crippen LogP contribution in [0.5, 0.6) is 0 Å². The molecule has 0 aromatic rings. The predicted octanol–water partition coefficient (Wildman–Crippen LogP) is 1.59. The van der Waals surface area contributed by atoms with Crippen molar-refractivity contribution in [3.63, 3.8) is 0 Å². The number of carbonyl (C=O) groups is 3. The molecule has 1 saturated carbocycles. The van der Waals surface area contributed by atoms with Gasteiger partial charge in [-0.3, -0.25) is 30.4 Å². The summed E-state index contributed by atoms with van der Waals surface area (Å²) >= 11 is 0. The van der Waals surface area contributed by atoms with E-state index in [1.54, 1.807) is 0 Å². The average molecular weight is 483 g/mol. The Bertz CT molecular complexity index is 612. The van der Waals surface area contributed by atoms with Crippen LogP contribution in [0.4, 0.5) is 4.79 Å². The molecule has 33 heavy (non-hydrogen) atoms. The van der Waals surface area contributed by atoms with Crippen LogP contribution in [0.2, 0.25) is 0 Å². The first-order valence-corrected chi connectivity index (χ1v) is 10.5. The molecule has 0 aromatic heterocycles. The molecule has 0 bridgehead atoms. The van der Waals surface area contributed by atoms with Gasteiger partial charge in [0.05, 0.1) is 17.2 Å². The smallest absolute Gasteiger partial charge is 0.410 e. The molecule has 0 aliphatic heterocycles. The monoisotopic (exact) mass is 483 g/mol. The van der Waals surface area contributed by atoms with Gasteiger partial charge in [0, 0.05) is 19.9 Å². The Hall–Kier alpha value is -2.11. The summed E-state index contributed by atoms with van der Waals surface area (Å²) in [4.78, 5) is 44.0. The molecule has 15 heteroatoms. The maximum atomic E-state index is 12.0. The number of esters is 1. The molecule has 0 saturated heterocycles. The highest BCUT2D eigenvalue weighted by Gasteiger charge is 2.35. The fourth-order valence-corrected chi connectivity index (χ4v) is 3.68. The second-order valence-corrected chi connectivity index (χ2v) is 7.87. The van der Waals surface area contributed by atoms with Crippen molar-refractivity contribution in [3.8, 4) is 0 Å². The Morgan fingerprint density at radius 2 is 1.70 bits per heavy atom. The first-order chi connectivity index (χ1) is 15.5. The Morgan fingerprint density at radius 3 is 2.27 bits per heavy atom. The molecule has 1 unspecified atom stereocenters. The Kier molecular flexibility index (Phi) is 13.1. The summed E-state index contributed by atoms with van der Waals surface area (Å²) in [6.45, 7) is 1.02. The van der Waals surface area contributed by atoms with E-state index in [0.29, 0.717) is 12.8 Å². The van der Waals surface area contributed by atoms with Gasteiger partial charge >= 0.3 is 18.0 Å². The highest BCUT2D eigenvalue weighted by atomic mass is 17.1. The molecule has 0 heterocycles. The Balaban J connectivity index is 2.35. The minimum Gasteiger partial charge on any atom is -0.481 e. The van der Waals surface area contributed by atoms with E-state index in [0.717, 1.165) is 19.3 Å². The topological polar surface area (TPSA) is 208 Å². The van der Waals surface area contributed by atoms with Gasteiger partial charge in [0.15, 0.2) is 0 Å². The maximum absolute atomic E-state index is 12.0. The van der Waals surface area contributed by atoms with E-state index in [1.165, 1.54) is 6.92 Å². The molecule has 0 radical (unpaired) electrons. The highest BCUT2D eigenvalue weighted by Crippen LogP contribution is 2.38. The van der Waals surface area contributed by atoms with Crippen molar-refractivity contribution in [2.24, 2.45) is 5.41 Å². The summed E-state index contributed by atoms with van der Waals surface area (Å²) < 4.78 is 9.97. The SMILES string of the molecule is CC(OC(=O)CCC[C@H](CON(O)O)ON(O)O)OC(=O)NCC1(CC(=O)O)CCCCC1. The van der Waals surface area contributed by atoms with Crippen molar-refractivity contribution in [3.05, 3.63) is 0 Å². The van der Waals surface area contributed by atoms with Crippen LogP contribution in [-0.4, -0.2) is 80.3 Å². The lowest BCUT2D eigenvalue weighted by atomic mass is 9.72. The molecule has 6 N–H and O–H groups in total. The van der Waals surface area contributed by atoms with Crippen LogP contribution < -0.4 is 5.32 Å². The summed E-state index contributed by atoms with van der Waals surface area (Å²) in [5.74, 6) is -1.63. The molecule has 1 fully saturated rings. The van der Waals surface area contributed by atoms with Gasteiger partial charge in [-0.15, -0.1) is 0 Å². The quantitative estimate of drug-likeness (QED) is 0.111. The molecule has 1 aliphatic rings. The predicted molar refractivity (Wildman–Crippen MR) is 103 cm³/mol. The molecule has 2 atom stereocenters. The molecule has 15 nitrogen and oxygen atoms in total. The standard InChI is InChI=1S/C18H33N3O12/c1-13(31-16(24)7-5-6-14(33-21(28)29)11-30-20(26)27)32-17(25)19-12-18(10-15(22)23)8-3-2-4-9-18/h13-14,26-29H,2-12H2,1H3,(H,19,25)(H,22,23)/t13?,14-/m1/s1. The summed E-state index contributed by atoms with van der Waals surface area (Å²) in [5.41, 5.74) is -0.521. The third-order valence-corrected chi connectivity index (χ3v) is 5.14. The highest BCUT2D eigenvalue weighted by molar-refractivity contribution is 5.71. The van der Waals surface area contributed by atoms with Crippen molar-refractivity contribution in [2.75, 3.05) is 13.2 Å². The molecular weight excluding hydrogens is 450 g/mol. The van der Waals surface area contributed by atoms with E-state index in [9.17, 15) is 19.5 Å². The number of ether oxygens (including phenoxy) is 2. The van der Waals surface area contributed by atoms with Crippen molar-refractivity contribution in [1.82, 2.24) is 16.1 Å².